The van der Waals surface area contributed by atoms with Gasteiger partial charge in [-0.1, -0.05) is 45.9 Å². The molecule has 11 nitrogen and oxygen atoms in total. The largest absolute Gasteiger partial charge is 0.509 e. The van der Waals surface area contributed by atoms with Crippen LogP contribution >= 0.6 is 0 Å². The minimum Gasteiger partial charge on any atom is -0.455 e. The predicted octanol–water partition coefficient (Wildman–Crippen LogP) is 3.54. The first-order chi connectivity index (χ1) is 20.6. The van der Waals surface area contributed by atoms with E-state index in [2.05, 4.69) is 0 Å². The first-order valence-corrected chi connectivity index (χ1v) is 15.1. The summed E-state index contributed by atoms with van der Waals surface area (Å²) in [4.78, 5) is 54.4. The van der Waals surface area contributed by atoms with Gasteiger partial charge in [0.05, 0.1) is 30.8 Å². The molecule has 2 N–H and O–H groups in total. The van der Waals surface area contributed by atoms with Crippen LogP contribution in [0.15, 0.2) is 41.5 Å². The fraction of sp³-hybridized carbons (Fsp3) is 0.636. The molecule has 2 bridgehead atoms. The molecule has 1 saturated heterocycles. The van der Waals surface area contributed by atoms with Crippen LogP contribution in [0.2, 0.25) is 0 Å². The Labute approximate surface area is 256 Å². The highest BCUT2D eigenvalue weighted by molar-refractivity contribution is 5.95. The number of carbonyl (C=O) groups is 4. The number of hydrogen-bond acceptors (Lipinski definition) is 11. The second kappa shape index (κ2) is 11.0. The van der Waals surface area contributed by atoms with Crippen LogP contribution < -0.4 is 0 Å². The molecule has 5 rings (SSSR count). The fourth-order valence-electron chi connectivity index (χ4n) is 8.24. The molecule has 0 aromatic heterocycles. The summed E-state index contributed by atoms with van der Waals surface area (Å²) in [6.45, 7) is 11.2. The molecule has 0 spiro atoms. The van der Waals surface area contributed by atoms with E-state index < -0.39 is 82.2 Å². The van der Waals surface area contributed by atoms with E-state index in [9.17, 15) is 24.6 Å². The van der Waals surface area contributed by atoms with Gasteiger partial charge in [-0.2, -0.15) is 0 Å². The summed E-state index contributed by atoms with van der Waals surface area (Å²) < 4.78 is 29.2. The molecule has 44 heavy (non-hydrogen) atoms. The van der Waals surface area contributed by atoms with Gasteiger partial charge in [0.1, 0.15) is 17.8 Å². The van der Waals surface area contributed by atoms with E-state index in [4.69, 9.17) is 23.7 Å². The van der Waals surface area contributed by atoms with E-state index in [1.165, 1.54) is 6.92 Å². The van der Waals surface area contributed by atoms with Crippen molar-refractivity contribution in [3.05, 3.63) is 47.0 Å². The predicted molar refractivity (Wildman–Crippen MR) is 154 cm³/mol. The lowest BCUT2D eigenvalue weighted by Crippen LogP contribution is -2.80. The van der Waals surface area contributed by atoms with Gasteiger partial charge >= 0.3 is 18.1 Å². The zero-order valence-corrected chi connectivity index (χ0v) is 26.2. The van der Waals surface area contributed by atoms with E-state index in [1.807, 2.05) is 6.92 Å². The Morgan fingerprint density at radius 2 is 1.75 bits per heavy atom. The van der Waals surface area contributed by atoms with Crippen LogP contribution in [0.1, 0.15) is 71.7 Å². The Bertz CT molecular complexity index is 1380. The normalized spacial score (nSPS) is 39.0. The monoisotopic (exact) mass is 614 g/mol. The van der Waals surface area contributed by atoms with Crippen molar-refractivity contribution < 1.29 is 53.1 Å². The Balaban J connectivity index is 1.83. The topological polar surface area (TPSA) is 155 Å². The minimum absolute atomic E-state index is 0.0231. The summed E-state index contributed by atoms with van der Waals surface area (Å²) in [5.41, 5.74) is -5.64. The molecule has 1 aliphatic heterocycles. The van der Waals surface area contributed by atoms with Crippen LogP contribution in [-0.2, 0) is 33.3 Å². The van der Waals surface area contributed by atoms with Crippen molar-refractivity contribution >= 4 is 23.9 Å². The lowest BCUT2D eigenvalue weighted by Gasteiger charge is -2.67. The van der Waals surface area contributed by atoms with Crippen molar-refractivity contribution in [2.75, 3.05) is 13.2 Å². The Kier molecular flexibility index (Phi) is 8.00. The van der Waals surface area contributed by atoms with E-state index in [-0.39, 0.29) is 37.2 Å². The van der Waals surface area contributed by atoms with Gasteiger partial charge in [0, 0.05) is 24.2 Å². The summed E-state index contributed by atoms with van der Waals surface area (Å²) in [6.07, 6.45) is -5.94. The number of carbonyl (C=O) groups excluding carboxylic acids is 4. The van der Waals surface area contributed by atoms with Gasteiger partial charge in [0.2, 0.25) is 0 Å². The molecule has 9 unspecified atom stereocenters. The van der Waals surface area contributed by atoms with Gasteiger partial charge < -0.3 is 33.9 Å². The number of rotatable bonds is 5. The number of aliphatic hydroxyl groups excluding tert-OH is 1. The molecule has 1 aromatic rings. The quantitative estimate of drug-likeness (QED) is 0.284. The summed E-state index contributed by atoms with van der Waals surface area (Å²) >= 11 is 0. The first kappa shape index (κ1) is 32.1. The number of fused-ring (bicyclic) bond motifs is 5. The highest BCUT2D eigenvalue weighted by atomic mass is 16.8. The molecule has 240 valence electrons. The number of ketones is 1. The molecule has 3 fully saturated rings. The first-order valence-electron chi connectivity index (χ1n) is 15.1. The van der Waals surface area contributed by atoms with Crippen LogP contribution in [0, 0.1) is 22.7 Å². The van der Waals surface area contributed by atoms with Crippen molar-refractivity contribution in [1.82, 2.24) is 0 Å². The van der Waals surface area contributed by atoms with Gasteiger partial charge in [-0.3, -0.25) is 9.59 Å². The smallest absolute Gasteiger partial charge is 0.455 e. The highest BCUT2D eigenvalue weighted by Gasteiger charge is 2.77. The fourth-order valence-corrected chi connectivity index (χ4v) is 8.24. The lowest BCUT2D eigenvalue weighted by atomic mass is 9.43. The zero-order valence-electron chi connectivity index (χ0n) is 26.2. The van der Waals surface area contributed by atoms with Crippen LogP contribution in [-0.4, -0.2) is 82.9 Å². The number of benzene rings is 1. The van der Waals surface area contributed by atoms with Crippen molar-refractivity contribution in [2.45, 2.75) is 96.9 Å². The maximum Gasteiger partial charge on any atom is 0.509 e. The van der Waals surface area contributed by atoms with Crippen molar-refractivity contribution in [1.29, 1.82) is 0 Å². The molecule has 0 amide bonds. The Hall–Kier alpha value is -3.28. The van der Waals surface area contributed by atoms with Gasteiger partial charge in [-0.05, 0) is 49.5 Å². The van der Waals surface area contributed by atoms with Crippen LogP contribution in [0.3, 0.4) is 0 Å². The third-order valence-corrected chi connectivity index (χ3v) is 10.9. The van der Waals surface area contributed by atoms with Crippen LogP contribution in [0.4, 0.5) is 4.79 Å². The molecular formula is C33H42O11. The van der Waals surface area contributed by atoms with Gasteiger partial charge in [-0.15, -0.1) is 0 Å². The number of ether oxygens (including phenoxy) is 5. The molecule has 1 aromatic carbocycles. The number of esters is 2. The van der Waals surface area contributed by atoms with E-state index in [0.29, 0.717) is 5.57 Å². The molecule has 0 radical (unpaired) electrons. The van der Waals surface area contributed by atoms with Crippen LogP contribution in [0.25, 0.3) is 0 Å². The molecule has 3 aliphatic carbocycles. The Morgan fingerprint density at radius 3 is 2.32 bits per heavy atom. The standard InChI is InChI=1S/C33H42O11/c1-8-40-29(38)44-32-16-41-22(32)14-17(2)31(7)25(32)27(43-28(37)20-12-10-9-11-13-20)33(39)15-21(35)18(3)23(30(33,5)6)24(26(31)36)42-19(4)34/h9-13,17,21-22,24-25,27,35,39H,8,14-16H2,1-7H3. The maximum absolute atomic E-state index is 15.0. The Morgan fingerprint density at radius 1 is 1.09 bits per heavy atom. The number of hydrogen-bond donors (Lipinski definition) is 2. The van der Waals surface area contributed by atoms with E-state index in [1.54, 1.807) is 65.0 Å². The third kappa shape index (κ3) is 4.49. The van der Waals surface area contributed by atoms with E-state index >= 15 is 4.79 Å². The summed E-state index contributed by atoms with van der Waals surface area (Å²) in [7, 11) is 0. The average Bonchev–Trinajstić information content (AvgIpc) is 2.95. The lowest BCUT2D eigenvalue weighted by molar-refractivity contribution is -0.338. The maximum atomic E-state index is 15.0. The highest BCUT2D eigenvalue weighted by Crippen LogP contribution is 2.65. The van der Waals surface area contributed by atoms with Crippen LogP contribution in [0.5, 0.6) is 0 Å². The molecule has 9 atom stereocenters. The zero-order chi connectivity index (χ0) is 32.4. The van der Waals surface area contributed by atoms with Gasteiger partial charge in [0.15, 0.2) is 17.5 Å². The summed E-state index contributed by atoms with van der Waals surface area (Å²) in [6, 6.07) is 8.21. The number of Topliss-reactive ketones (excluding diaryl/α,β-unsaturated/α-hetero) is 1. The van der Waals surface area contributed by atoms with Crippen molar-refractivity contribution in [3.63, 3.8) is 0 Å². The van der Waals surface area contributed by atoms with Crippen molar-refractivity contribution in [3.8, 4) is 0 Å². The van der Waals surface area contributed by atoms with E-state index in [0.717, 1.165) is 0 Å². The van der Waals surface area contributed by atoms with Gasteiger partial charge in [0.25, 0.3) is 0 Å². The molecule has 2 saturated carbocycles. The minimum atomic E-state index is -2.04. The molecular weight excluding hydrogens is 572 g/mol. The second-order valence-corrected chi connectivity index (χ2v) is 13.3. The number of aliphatic hydroxyl groups is 2. The second-order valence-electron chi connectivity index (χ2n) is 13.3. The summed E-state index contributed by atoms with van der Waals surface area (Å²) in [5, 5.41) is 24.4. The van der Waals surface area contributed by atoms with Gasteiger partial charge in [-0.25, -0.2) is 9.59 Å². The SMILES string of the molecule is CCOC(=O)OC12COC1CC(C)C1(C)C(=O)C(OC(C)=O)C3=C(C)C(O)CC(O)(C(OC(=O)c4ccccc4)C21)C3(C)C. The molecule has 1 heterocycles. The molecule has 11 heteroatoms. The molecule has 4 aliphatic rings. The average molecular weight is 615 g/mol. The third-order valence-electron chi connectivity index (χ3n) is 10.9. The van der Waals surface area contributed by atoms with Crippen molar-refractivity contribution in [2.24, 2.45) is 22.7 Å². The summed E-state index contributed by atoms with van der Waals surface area (Å²) in [5.74, 6) is -3.67.